The molecule has 0 amide bonds. The molecule has 2 nitrogen and oxygen atoms in total. The molecule has 0 bridgehead atoms. The Morgan fingerprint density at radius 1 is 1.27 bits per heavy atom. The van der Waals surface area contributed by atoms with Gasteiger partial charge in [0.2, 0.25) is 0 Å². The second-order valence-electron chi connectivity index (χ2n) is 3.68. The first-order valence-electron chi connectivity index (χ1n) is 3.56. The van der Waals surface area contributed by atoms with E-state index in [2.05, 4.69) is 20.8 Å². The zero-order chi connectivity index (χ0) is 8.65. The van der Waals surface area contributed by atoms with E-state index in [0.29, 0.717) is 5.69 Å². The average Bonchev–Trinajstić information content (AvgIpc) is 2.11. The van der Waals surface area contributed by atoms with Gasteiger partial charge in [-0.15, -0.1) is 11.3 Å². The van der Waals surface area contributed by atoms with E-state index >= 15 is 0 Å². The van der Waals surface area contributed by atoms with Crippen molar-refractivity contribution in [1.82, 2.24) is 0 Å². The maximum Gasteiger partial charge on any atom is 0.109 e. The van der Waals surface area contributed by atoms with Gasteiger partial charge >= 0.3 is 0 Å². The van der Waals surface area contributed by atoms with Crippen LogP contribution in [0.15, 0.2) is 6.07 Å². The molecule has 0 aliphatic rings. The third-order valence-corrected chi connectivity index (χ3v) is 2.94. The van der Waals surface area contributed by atoms with Crippen LogP contribution in [0.1, 0.15) is 25.6 Å². The van der Waals surface area contributed by atoms with Gasteiger partial charge < -0.3 is 11.5 Å². The Bertz CT molecular complexity index is 238. The lowest BCUT2D eigenvalue weighted by atomic mass is 9.95. The van der Waals surface area contributed by atoms with Gasteiger partial charge in [-0.05, 0) is 11.5 Å². The molecule has 1 aromatic rings. The fourth-order valence-electron chi connectivity index (χ4n) is 0.789. The summed E-state index contributed by atoms with van der Waals surface area (Å²) in [5.74, 6) is 0. The van der Waals surface area contributed by atoms with Crippen LogP contribution in [0.25, 0.3) is 0 Å². The predicted molar refractivity (Wildman–Crippen MR) is 51.8 cm³/mol. The zero-order valence-corrected chi connectivity index (χ0v) is 7.96. The summed E-state index contributed by atoms with van der Waals surface area (Å²) >= 11 is 1.57. The van der Waals surface area contributed by atoms with Crippen molar-refractivity contribution in [3.8, 4) is 0 Å². The molecule has 3 heteroatoms. The van der Waals surface area contributed by atoms with E-state index in [4.69, 9.17) is 11.5 Å². The van der Waals surface area contributed by atoms with Crippen molar-refractivity contribution in [2.45, 2.75) is 26.2 Å². The van der Waals surface area contributed by atoms with Crippen LogP contribution in [0, 0.1) is 0 Å². The molecule has 0 saturated carbocycles. The molecule has 0 aliphatic heterocycles. The van der Waals surface area contributed by atoms with Gasteiger partial charge in [-0.2, -0.15) is 0 Å². The van der Waals surface area contributed by atoms with Crippen LogP contribution in [0.5, 0.6) is 0 Å². The minimum atomic E-state index is 0.163. The average molecular weight is 170 g/mol. The molecular weight excluding hydrogens is 156 g/mol. The fraction of sp³-hybridized carbons (Fsp3) is 0.500. The minimum Gasteiger partial charge on any atom is -0.396 e. The number of nitrogens with two attached hydrogens (primary N) is 2. The summed E-state index contributed by atoms with van der Waals surface area (Å²) in [6.45, 7) is 6.45. The Hall–Kier alpha value is -0.700. The first kappa shape index (κ1) is 8.40. The molecule has 1 aromatic heterocycles. The van der Waals surface area contributed by atoms with Crippen molar-refractivity contribution in [3.63, 3.8) is 0 Å². The van der Waals surface area contributed by atoms with Gasteiger partial charge in [-0.3, -0.25) is 0 Å². The topological polar surface area (TPSA) is 52.0 Å². The van der Waals surface area contributed by atoms with E-state index in [1.54, 1.807) is 11.3 Å². The molecule has 0 aromatic carbocycles. The lowest BCUT2D eigenvalue weighted by Gasteiger charge is -2.14. The number of anilines is 2. The Morgan fingerprint density at radius 3 is 2.00 bits per heavy atom. The highest BCUT2D eigenvalue weighted by Gasteiger charge is 2.17. The maximum absolute atomic E-state index is 5.63. The summed E-state index contributed by atoms with van der Waals surface area (Å²) in [5, 5.41) is 0.731. The summed E-state index contributed by atoms with van der Waals surface area (Å²) in [6.07, 6.45) is 0. The van der Waals surface area contributed by atoms with Crippen molar-refractivity contribution >= 4 is 22.0 Å². The molecule has 0 unspecified atom stereocenters. The summed E-state index contributed by atoms with van der Waals surface area (Å²) in [5.41, 5.74) is 12.1. The molecule has 0 radical (unpaired) electrons. The fourth-order valence-corrected chi connectivity index (χ4v) is 1.69. The third kappa shape index (κ3) is 1.66. The van der Waals surface area contributed by atoms with E-state index in [0.717, 1.165) is 5.00 Å². The molecular formula is C8H14N2S. The first-order chi connectivity index (χ1) is 4.91. The molecule has 0 aliphatic carbocycles. The van der Waals surface area contributed by atoms with Gasteiger partial charge in [0, 0.05) is 4.88 Å². The van der Waals surface area contributed by atoms with Gasteiger partial charge in [0.1, 0.15) is 5.00 Å². The lowest BCUT2D eigenvalue weighted by molar-refractivity contribution is 0.604. The van der Waals surface area contributed by atoms with E-state index < -0.39 is 0 Å². The van der Waals surface area contributed by atoms with Gasteiger partial charge in [-0.25, -0.2) is 0 Å². The first-order valence-corrected chi connectivity index (χ1v) is 4.38. The summed E-state index contributed by atoms with van der Waals surface area (Å²) in [4.78, 5) is 1.24. The Kier molecular flexibility index (Phi) is 1.84. The van der Waals surface area contributed by atoms with Crippen molar-refractivity contribution in [3.05, 3.63) is 10.9 Å². The number of rotatable bonds is 0. The molecule has 4 N–H and O–H groups in total. The maximum atomic E-state index is 5.63. The van der Waals surface area contributed by atoms with Crippen LogP contribution in [0.4, 0.5) is 10.7 Å². The monoisotopic (exact) mass is 170 g/mol. The quantitative estimate of drug-likeness (QED) is 0.627. The number of hydrogen-bond donors (Lipinski definition) is 2. The third-order valence-electron chi connectivity index (χ3n) is 1.53. The molecule has 1 heterocycles. The zero-order valence-electron chi connectivity index (χ0n) is 7.14. The molecule has 0 fully saturated rings. The second-order valence-corrected chi connectivity index (χ2v) is 4.76. The Morgan fingerprint density at radius 2 is 1.82 bits per heavy atom. The molecule has 11 heavy (non-hydrogen) atoms. The van der Waals surface area contributed by atoms with Crippen LogP contribution in [-0.4, -0.2) is 0 Å². The largest absolute Gasteiger partial charge is 0.396 e. The normalized spacial score (nSPS) is 11.9. The Labute approximate surface area is 71.2 Å². The highest BCUT2D eigenvalue weighted by molar-refractivity contribution is 7.16. The second kappa shape index (κ2) is 2.41. The predicted octanol–water partition coefficient (Wildman–Crippen LogP) is 2.21. The smallest absolute Gasteiger partial charge is 0.109 e. The summed E-state index contributed by atoms with van der Waals surface area (Å²) in [6, 6.07) is 1.96. The number of hydrogen-bond acceptors (Lipinski definition) is 3. The summed E-state index contributed by atoms with van der Waals surface area (Å²) < 4.78 is 0. The van der Waals surface area contributed by atoms with Crippen molar-refractivity contribution in [2.75, 3.05) is 11.5 Å². The molecule has 62 valence electrons. The SMILES string of the molecule is CC(C)(C)c1cc(N)c(N)s1. The van der Waals surface area contributed by atoms with Crippen LogP contribution in [-0.2, 0) is 5.41 Å². The van der Waals surface area contributed by atoms with Crippen molar-refractivity contribution in [2.24, 2.45) is 0 Å². The van der Waals surface area contributed by atoms with Crippen LogP contribution >= 0.6 is 11.3 Å². The van der Waals surface area contributed by atoms with Crippen LogP contribution in [0.2, 0.25) is 0 Å². The van der Waals surface area contributed by atoms with Crippen LogP contribution in [0.3, 0.4) is 0 Å². The minimum absolute atomic E-state index is 0.163. The highest BCUT2D eigenvalue weighted by Crippen LogP contribution is 2.35. The molecule has 0 spiro atoms. The summed E-state index contributed by atoms with van der Waals surface area (Å²) in [7, 11) is 0. The molecule has 0 atom stereocenters. The van der Waals surface area contributed by atoms with Crippen molar-refractivity contribution in [1.29, 1.82) is 0 Å². The Balaban J connectivity index is 3.08. The van der Waals surface area contributed by atoms with Gasteiger partial charge in [0.25, 0.3) is 0 Å². The number of nitrogen functional groups attached to an aromatic ring is 2. The van der Waals surface area contributed by atoms with Crippen LogP contribution < -0.4 is 11.5 Å². The molecule has 0 saturated heterocycles. The van der Waals surface area contributed by atoms with Gasteiger partial charge in [-0.1, -0.05) is 20.8 Å². The van der Waals surface area contributed by atoms with E-state index in [9.17, 15) is 0 Å². The standard InChI is InChI=1S/C8H14N2S/c1-8(2,3)6-4-5(9)7(10)11-6/h4H,9-10H2,1-3H3. The van der Waals surface area contributed by atoms with Gasteiger partial charge in [0.15, 0.2) is 0 Å². The van der Waals surface area contributed by atoms with E-state index in [1.807, 2.05) is 6.07 Å². The highest BCUT2D eigenvalue weighted by atomic mass is 32.1. The number of thiophene rings is 1. The van der Waals surface area contributed by atoms with Gasteiger partial charge in [0.05, 0.1) is 5.69 Å². The lowest BCUT2D eigenvalue weighted by Crippen LogP contribution is -2.07. The molecule has 1 rings (SSSR count). The van der Waals surface area contributed by atoms with Crippen molar-refractivity contribution < 1.29 is 0 Å². The van der Waals surface area contributed by atoms with E-state index in [1.165, 1.54) is 4.88 Å². The van der Waals surface area contributed by atoms with E-state index in [-0.39, 0.29) is 5.41 Å².